The molecule has 0 radical (unpaired) electrons. The molecule has 0 bridgehead atoms. The summed E-state index contributed by atoms with van der Waals surface area (Å²) in [6.45, 7) is 1.85. The quantitative estimate of drug-likeness (QED) is 0.507. The first kappa shape index (κ1) is 23.3. The van der Waals surface area contributed by atoms with Crippen LogP contribution in [0.15, 0.2) is 65.6 Å². The molecule has 0 saturated heterocycles. The maximum atomic E-state index is 12.2. The summed E-state index contributed by atoms with van der Waals surface area (Å²) in [7, 11) is -1.35. The Bertz CT molecular complexity index is 874. The molecule has 8 heteroatoms. The van der Waals surface area contributed by atoms with Crippen LogP contribution in [-0.4, -0.2) is 38.9 Å². The molecule has 30 heavy (non-hydrogen) atoms. The first-order valence-corrected chi connectivity index (χ1v) is 11.0. The number of carbonyl (C=O) groups excluding carboxylic acids is 2. The highest BCUT2D eigenvalue weighted by atomic mass is 32.2. The minimum atomic E-state index is -1.35. The maximum Gasteiger partial charge on any atom is 0.326 e. The Morgan fingerprint density at radius 2 is 1.43 bits per heavy atom. The fourth-order valence-corrected chi connectivity index (χ4v) is 3.95. The van der Waals surface area contributed by atoms with E-state index in [2.05, 4.69) is 10.6 Å². The van der Waals surface area contributed by atoms with E-state index in [1.54, 1.807) is 30.3 Å². The zero-order valence-corrected chi connectivity index (χ0v) is 17.6. The van der Waals surface area contributed by atoms with E-state index in [9.17, 15) is 23.7 Å². The Balaban J connectivity index is 1.77. The average Bonchev–Trinajstić information content (AvgIpc) is 2.76. The highest BCUT2D eigenvalue weighted by Crippen LogP contribution is 2.11. The number of aliphatic carboxylic acids is 1. The second kappa shape index (κ2) is 11.9. The van der Waals surface area contributed by atoms with Crippen LogP contribution in [0.4, 0.5) is 0 Å². The van der Waals surface area contributed by atoms with E-state index < -0.39 is 28.7 Å². The molecule has 0 aliphatic rings. The maximum absolute atomic E-state index is 12.2. The molecular formula is C22H26N2O5S. The number of benzene rings is 2. The smallest absolute Gasteiger partial charge is 0.326 e. The Hall–Kier alpha value is -3.00. The van der Waals surface area contributed by atoms with Crippen LogP contribution in [0, 0.1) is 0 Å². The van der Waals surface area contributed by atoms with Crippen molar-refractivity contribution in [3.63, 3.8) is 0 Å². The number of rotatable bonds is 11. The zero-order chi connectivity index (χ0) is 21.9. The van der Waals surface area contributed by atoms with Crippen molar-refractivity contribution in [3.05, 3.63) is 66.2 Å². The highest BCUT2D eigenvalue weighted by molar-refractivity contribution is 7.85. The Morgan fingerprint density at radius 3 is 2.00 bits per heavy atom. The van der Waals surface area contributed by atoms with Crippen molar-refractivity contribution in [2.45, 2.75) is 43.2 Å². The van der Waals surface area contributed by atoms with Crippen LogP contribution in [0.3, 0.4) is 0 Å². The average molecular weight is 431 g/mol. The van der Waals surface area contributed by atoms with Gasteiger partial charge in [-0.2, -0.15) is 0 Å². The summed E-state index contributed by atoms with van der Waals surface area (Å²) in [5.74, 6) is -1.92. The van der Waals surface area contributed by atoms with Crippen molar-refractivity contribution in [1.82, 2.24) is 10.6 Å². The molecule has 3 N–H and O–H groups in total. The van der Waals surface area contributed by atoms with E-state index in [1.165, 1.54) is 0 Å². The molecule has 0 spiro atoms. The SMILES string of the molecule is C[C@@H](NC(=O)CCC(=O)N[C@@H](CC[S@](=O)c1ccccc1)C(=O)O)c1ccccc1. The Kier molecular flexibility index (Phi) is 9.21. The summed E-state index contributed by atoms with van der Waals surface area (Å²) in [6.07, 6.45) is -0.149. The van der Waals surface area contributed by atoms with Crippen molar-refractivity contribution in [2.75, 3.05) is 5.75 Å². The molecule has 0 heterocycles. The number of nitrogens with one attached hydrogen (secondary N) is 2. The van der Waals surface area contributed by atoms with Crippen LogP contribution >= 0.6 is 0 Å². The second-order valence-electron chi connectivity index (χ2n) is 6.81. The third-order valence-corrected chi connectivity index (χ3v) is 5.89. The molecule has 2 rings (SSSR count). The molecule has 160 valence electrons. The molecule has 7 nitrogen and oxygen atoms in total. The number of carboxylic acids is 1. The van der Waals surface area contributed by atoms with Gasteiger partial charge in [-0.05, 0) is 31.0 Å². The Labute approximate surface area is 178 Å². The van der Waals surface area contributed by atoms with E-state index >= 15 is 0 Å². The molecule has 2 aromatic rings. The number of carbonyl (C=O) groups is 3. The van der Waals surface area contributed by atoms with Crippen LogP contribution in [0.1, 0.15) is 37.8 Å². The molecule has 0 fully saturated rings. The van der Waals surface area contributed by atoms with Gasteiger partial charge in [0.2, 0.25) is 11.8 Å². The van der Waals surface area contributed by atoms with Gasteiger partial charge in [0.15, 0.2) is 0 Å². The lowest BCUT2D eigenvalue weighted by Gasteiger charge is -2.16. The lowest BCUT2D eigenvalue weighted by Crippen LogP contribution is -2.42. The second-order valence-corrected chi connectivity index (χ2v) is 8.38. The van der Waals surface area contributed by atoms with Gasteiger partial charge in [-0.1, -0.05) is 48.5 Å². The number of carboxylic acid groups (broad SMARTS) is 1. The topological polar surface area (TPSA) is 113 Å². The first-order chi connectivity index (χ1) is 14.4. The van der Waals surface area contributed by atoms with Crippen LogP contribution in [0.5, 0.6) is 0 Å². The van der Waals surface area contributed by atoms with Crippen molar-refractivity contribution < 1.29 is 23.7 Å². The Morgan fingerprint density at radius 1 is 0.900 bits per heavy atom. The number of hydrogen-bond donors (Lipinski definition) is 3. The monoisotopic (exact) mass is 430 g/mol. The standard InChI is InChI=1S/C22H26N2O5S/c1-16(17-8-4-2-5-9-17)23-20(25)12-13-21(26)24-19(22(27)28)14-15-30(29)18-10-6-3-7-11-18/h2-11,16,19H,12-15H2,1H3,(H,23,25)(H,24,26)(H,27,28)/t16-,19+,30+/m1/s1. The molecule has 2 amide bonds. The van der Waals surface area contributed by atoms with Gasteiger partial charge in [0.05, 0.1) is 16.8 Å². The van der Waals surface area contributed by atoms with Crippen LogP contribution in [0.25, 0.3) is 0 Å². The molecule has 0 aliphatic carbocycles. The van der Waals surface area contributed by atoms with Crippen LogP contribution < -0.4 is 10.6 Å². The minimum Gasteiger partial charge on any atom is -0.480 e. The van der Waals surface area contributed by atoms with Crippen molar-refractivity contribution >= 4 is 28.6 Å². The summed E-state index contributed by atoms with van der Waals surface area (Å²) in [5, 5.41) is 14.6. The summed E-state index contributed by atoms with van der Waals surface area (Å²) in [6, 6.07) is 16.8. The van der Waals surface area contributed by atoms with E-state index in [-0.39, 0.29) is 37.0 Å². The van der Waals surface area contributed by atoms with Crippen LogP contribution in [0.2, 0.25) is 0 Å². The van der Waals surface area contributed by atoms with Gasteiger partial charge in [0, 0.05) is 23.5 Å². The number of hydrogen-bond acceptors (Lipinski definition) is 4. The van der Waals surface area contributed by atoms with Gasteiger partial charge in [0.25, 0.3) is 0 Å². The molecular weight excluding hydrogens is 404 g/mol. The van der Waals surface area contributed by atoms with E-state index in [1.807, 2.05) is 37.3 Å². The van der Waals surface area contributed by atoms with E-state index in [0.717, 1.165) is 5.56 Å². The first-order valence-electron chi connectivity index (χ1n) is 9.66. The molecule has 0 unspecified atom stereocenters. The summed E-state index contributed by atoms with van der Waals surface area (Å²) < 4.78 is 12.2. The molecule has 2 aromatic carbocycles. The molecule has 0 aliphatic heterocycles. The van der Waals surface area contributed by atoms with Gasteiger partial charge in [0.1, 0.15) is 6.04 Å². The molecule has 3 atom stereocenters. The summed E-state index contributed by atoms with van der Waals surface area (Å²) in [5.41, 5.74) is 0.952. The number of amides is 2. The predicted octanol–water partition coefficient (Wildman–Crippen LogP) is 2.41. The normalized spacial score (nSPS) is 13.6. The lowest BCUT2D eigenvalue weighted by molar-refractivity contribution is -0.141. The molecule has 0 aromatic heterocycles. The minimum absolute atomic E-state index is 0.0276. The zero-order valence-electron chi connectivity index (χ0n) is 16.7. The van der Waals surface area contributed by atoms with E-state index in [4.69, 9.17) is 0 Å². The fraction of sp³-hybridized carbons (Fsp3) is 0.318. The van der Waals surface area contributed by atoms with E-state index in [0.29, 0.717) is 4.90 Å². The predicted molar refractivity (Wildman–Crippen MR) is 114 cm³/mol. The van der Waals surface area contributed by atoms with Crippen molar-refractivity contribution in [3.8, 4) is 0 Å². The van der Waals surface area contributed by atoms with Crippen molar-refractivity contribution in [2.24, 2.45) is 0 Å². The third kappa shape index (κ3) is 7.79. The van der Waals surface area contributed by atoms with Crippen LogP contribution in [-0.2, 0) is 25.2 Å². The fourth-order valence-electron chi connectivity index (χ4n) is 2.80. The molecule has 0 saturated carbocycles. The van der Waals surface area contributed by atoms with Crippen molar-refractivity contribution in [1.29, 1.82) is 0 Å². The lowest BCUT2D eigenvalue weighted by atomic mass is 10.1. The van der Waals surface area contributed by atoms with Gasteiger partial charge in [-0.15, -0.1) is 0 Å². The van der Waals surface area contributed by atoms with Gasteiger partial charge in [-0.25, -0.2) is 4.79 Å². The largest absolute Gasteiger partial charge is 0.480 e. The van der Waals surface area contributed by atoms with Gasteiger partial charge < -0.3 is 15.7 Å². The third-order valence-electron chi connectivity index (χ3n) is 4.49. The van der Waals surface area contributed by atoms with Gasteiger partial charge in [-0.3, -0.25) is 13.8 Å². The summed E-state index contributed by atoms with van der Waals surface area (Å²) >= 11 is 0. The highest BCUT2D eigenvalue weighted by Gasteiger charge is 2.21. The van der Waals surface area contributed by atoms with Gasteiger partial charge >= 0.3 is 5.97 Å². The summed E-state index contributed by atoms with van der Waals surface area (Å²) in [4.78, 5) is 36.2.